The molecule has 39 heavy (non-hydrogen) atoms. The molecule has 0 radical (unpaired) electrons. The number of hydrogen-bond acceptors (Lipinski definition) is 6. The number of rotatable bonds is 23. The van der Waals surface area contributed by atoms with E-state index in [1.165, 1.54) is 62.3 Å². The van der Waals surface area contributed by atoms with Gasteiger partial charge in [0, 0.05) is 11.5 Å². The van der Waals surface area contributed by atoms with Gasteiger partial charge in [-0.05, 0) is 37.5 Å². The van der Waals surface area contributed by atoms with Crippen LogP contribution < -0.4 is 5.32 Å². The molecule has 3 unspecified atom stereocenters. The summed E-state index contributed by atoms with van der Waals surface area (Å²) in [5.41, 5.74) is -1.53. The van der Waals surface area contributed by atoms with Crippen molar-refractivity contribution in [2.75, 3.05) is 11.5 Å². The number of aliphatic hydroxyl groups is 1. The van der Waals surface area contributed by atoms with E-state index >= 15 is 0 Å². The number of carboxylic acid groups (broad SMARTS) is 3. The van der Waals surface area contributed by atoms with E-state index in [0.29, 0.717) is 11.7 Å². The Bertz CT molecular complexity index is 782. The van der Waals surface area contributed by atoms with Crippen molar-refractivity contribution in [3.63, 3.8) is 0 Å². The molecule has 0 aliphatic carbocycles. The molecular weight excluding hydrogens is 522 g/mol. The van der Waals surface area contributed by atoms with Crippen LogP contribution in [0.15, 0.2) is 11.6 Å². The monoisotopic (exact) mass is 573 g/mol. The molecule has 3 atom stereocenters. The van der Waals surface area contributed by atoms with E-state index < -0.39 is 48.3 Å². The molecule has 9 nitrogen and oxygen atoms in total. The predicted molar refractivity (Wildman–Crippen MR) is 155 cm³/mol. The number of carbonyl (C=O) groups is 4. The van der Waals surface area contributed by atoms with Crippen molar-refractivity contribution in [1.82, 2.24) is 5.32 Å². The lowest BCUT2D eigenvalue weighted by atomic mass is 9.91. The molecule has 0 rings (SSSR count). The minimum absolute atomic E-state index is 0.0198. The van der Waals surface area contributed by atoms with Crippen molar-refractivity contribution < 1.29 is 39.6 Å². The molecular formula is C29H51NO8S. The van der Waals surface area contributed by atoms with Crippen LogP contribution in [-0.4, -0.2) is 67.4 Å². The Morgan fingerprint density at radius 1 is 0.821 bits per heavy atom. The van der Waals surface area contributed by atoms with Crippen molar-refractivity contribution in [3.05, 3.63) is 11.6 Å². The van der Waals surface area contributed by atoms with E-state index in [0.717, 1.165) is 24.7 Å². The summed E-state index contributed by atoms with van der Waals surface area (Å²) in [6, 6.07) is -1.40. The molecule has 0 bridgehead atoms. The van der Waals surface area contributed by atoms with Crippen molar-refractivity contribution in [2.45, 2.75) is 117 Å². The Hall–Kier alpha value is -2.07. The fourth-order valence-corrected chi connectivity index (χ4v) is 5.39. The molecule has 0 saturated carbocycles. The molecule has 0 aliphatic heterocycles. The Balaban J connectivity index is 4.40. The zero-order valence-electron chi connectivity index (χ0n) is 24.4. The summed E-state index contributed by atoms with van der Waals surface area (Å²) >= 11 is 1.27. The highest BCUT2D eigenvalue weighted by Crippen LogP contribution is 2.22. The quantitative estimate of drug-likeness (QED) is 0.0801. The number of aliphatic carboxylic acids is 3. The maximum absolute atomic E-state index is 12.4. The topological polar surface area (TPSA) is 161 Å². The van der Waals surface area contributed by atoms with Gasteiger partial charge in [0.15, 0.2) is 5.60 Å². The molecule has 0 fully saturated rings. The van der Waals surface area contributed by atoms with Gasteiger partial charge in [0.1, 0.15) is 6.04 Å². The molecule has 0 aromatic heterocycles. The van der Waals surface area contributed by atoms with Gasteiger partial charge in [0.05, 0.1) is 12.8 Å². The van der Waals surface area contributed by atoms with E-state index in [-0.39, 0.29) is 5.75 Å². The van der Waals surface area contributed by atoms with Crippen LogP contribution in [0.5, 0.6) is 0 Å². The average molecular weight is 574 g/mol. The maximum Gasteiger partial charge on any atom is 0.327 e. The summed E-state index contributed by atoms with van der Waals surface area (Å²) in [5.74, 6) is -3.05. The lowest BCUT2D eigenvalue weighted by Crippen LogP contribution is -2.54. The van der Waals surface area contributed by atoms with Crippen molar-refractivity contribution in [1.29, 1.82) is 0 Å². The number of thioether (sulfide) groups is 1. The SMILES string of the molecule is C/C(=C\CSCC(NC(=O)C(O)(CC(=O)O)CC(=O)O)C(=O)O)CCCC(C)CCCC(C)CCCC(C)C. The molecule has 0 heterocycles. The highest BCUT2D eigenvalue weighted by molar-refractivity contribution is 7.99. The molecule has 0 spiro atoms. The number of carboxylic acids is 3. The highest BCUT2D eigenvalue weighted by atomic mass is 32.2. The molecule has 0 aromatic carbocycles. The summed E-state index contributed by atoms with van der Waals surface area (Å²) in [4.78, 5) is 45.9. The molecule has 0 saturated heterocycles. The second-order valence-electron chi connectivity index (χ2n) is 11.5. The first-order chi connectivity index (χ1) is 18.2. The van der Waals surface area contributed by atoms with E-state index in [1.54, 1.807) is 0 Å². The summed E-state index contributed by atoms with van der Waals surface area (Å²) in [7, 11) is 0. The van der Waals surface area contributed by atoms with Gasteiger partial charge in [0.2, 0.25) is 0 Å². The normalized spacial score (nSPS) is 14.6. The van der Waals surface area contributed by atoms with Gasteiger partial charge in [-0.15, -0.1) is 0 Å². The second-order valence-corrected chi connectivity index (χ2v) is 12.6. The Morgan fingerprint density at radius 3 is 1.77 bits per heavy atom. The van der Waals surface area contributed by atoms with Crippen LogP contribution in [0.1, 0.15) is 105 Å². The zero-order chi connectivity index (χ0) is 30.0. The Morgan fingerprint density at radius 2 is 1.31 bits per heavy atom. The van der Waals surface area contributed by atoms with Crippen LogP contribution >= 0.6 is 11.8 Å². The van der Waals surface area contributed by atoms with Gasteiger partial charge in [-0.1, -0.05) is 84.3 Å². The first-order valence-electron chi connectivity index (χ1n) is 14.1. The number of hydrogen-bond donors (Lipinski definition) is 5. The van der Waals surface area contributed by atoms with Gasteiger partial charge < -0.3 is 25.7 Å². The number of allylic oxidation sites excluding steroid dienone is 1. The van der Waals surface area contributed by atoms with Crippen LogP contribution in [0.2, 0.25) is 0 Å². The minimum atomic E-state index is -2.74. The van der Waals surface area contributed by atoms with E-state index in [1.807, 2.05) is 13.0 Å². The van der Waals surface area contributed by atoms with E-state index in [2.05, 4.69) is 33.0 Å². The maximum atomic E-state index is 12.4. The first-order valence-corrected chi connectivity index (χ1v) is 15.2. The third-order valence-corrected chi connectivity index (χ3v) is 7.86. The lowest BCUT2D eigenvalue weighted by molar-refractivity contribution is -0.160. The average Bonchev–Trinajstić information content (AvgIpc) is 2.79. The van der Waals surface area contributed by atoms with Crippen LogP contribution in [0.4, 0.5) is 0 Å². The minimum Gasteiger partial charge on any atom is -0.481 e. The van der Waals surface area contributed by atoms with Gasteiger partial charge >= 0.3 is 17.9 Å². The van der Waals surface area contributed by atoms with E-state index in [4.69, 9.17) is 10.2 Å². The number of carbonyl (C=O) groups excluding carboxylic acids is 1. The molecule has 1 amide bonds. The van der Waals surface area contributed by atoms with Crippen molar-refractivity contribution in [2.24, 2.45) is 17.8 Å². The standard InChI is InChI=1S/C29H51NO8S/c1-20(2)9-6-10-21(3)11-7-12-22(4)13-8-14-23(5)15-16-39-19-24(27(35)36)30-28(37)29(38,17-25(31)32)18-26(33)34/h15,20-22,24,38H,6-14,16-19H2,1-5H3,(H,30,37)(H,31,32)(H,33,34)(H,35,36)/b23-15+. The van der Waals surface area contributed by atoms with Crippen LogP contribution in [0.3, 0.4) is 0 Å². The van der Waals surface area contributed by atoms with E-state index in [9.17, 15) is 29.4 Å². The summed E-state index contributed by atoms with van der Waals surface area (Å²) in [6.45, 7) is 11.3. The Kier molecular flexibility index (Phi) is 18.8. The van der Waals surface area contributed by atoms with Crippen molar-refractivity contribution in [3.8, 4) is 0 Å². The highest BCUT2D eigenvalue weighted by Gasteiger charge is 2.42. The van der Waals surface area contributed by atoms with Crippen LogP contribution in [0, 0.1) is 17.8 Å². The summed E-state index contributed by atoms with van der Waals surface area (Å²) < 4.78 is 0. The number of nitrogens with one attached hydrogen (secondary N) is 1. The first kappa shape index (κ1) is 36.9. The Labute approximate surface area is 238 Å². The summed E-state index contributed by atoms with van der Waals surface area (Å²) in [5, 5.41) is 39.6. The largest absolute Gasteiger partial charge is 0.481 e. The third kappa shape index (κ3) is 18.8. The third-order valence-electron chi connectivity index (χ3n) is 6.89. The summed E-state index contributed by atoms with van der Waals surface area (Å²) in [6.07, 6.45) is 10.8. The van der Waals surface area contributed by atoms with Crippen molar-refractivity contribution >= 4 is 35.6 Å². The molecule has 5 N–H and O–H groups in total. The van der Waals surface area contributed by atoms with Crippen LogP contribution in [0.25, 0.3) is 0 Å². The fraction of sp³-hybridized carbons (Fsp3) is 0.793. The van der Waals surface area contributed by atoms with Crippen LogP contribution in [-0.2, 0) is 19.2 Å². The van der Waals surface area contributed by atoms with Gasteiger partial charge in [-0.25, -0.2) is 4.79 Å². The molecule has 0 aliphatic rings. The van der Waals surface area contributed by atoms with Gasteiger partial charge in [-0.2, -0.15) is 11.8 Å². The smallest absolute Gasteiger partial charge is 0.327 e. The van der Waals surface area contributed by atoms with Gasteiger partial charge in [-0.3, -0.25) is 14.4 Å². The lowest BCUT2D eigenvalue weighted by Gasteiger charge is -2.25. The molecule has 10 heteroatoms. The fourth-order valence-electron chi connectivity index (χ4n) is 4.39. The molecule has 226 valence electrons. The van der Waals surface area contributed by atoms with Gasteiger partial charge in [0.25, 0.3) is 5.91 Å². The number of amides is 1. The second kappa shape index (κ2) is 19.9. The molecule has 0 aromatic rings. The zero-order valence-corrected chi connectivity index (χ0v) is 25.2. The predicted octanol–water partition coefficient (Wildman–Crippen LogP) is 5.35.